The van der Waals surface area contributed by atoms with Crippen molar-refractivity contribution >= 4 is 95.6 Å². The SMILES string of the molecule is CNCC(C)(C)c1cc(OC)c(Nc2ncc(Cl)c(Nc3ccccc3S(=O)(=O)C(C)C)n2)cc1C.COc1cc(C(C)(C)CNC=O)c(C)cc1Nc1ncc(Cl)c(Nc2ccccc2S(=O)(=O)C(C)C)n1. The fraction of sp³-hybridized carbons (Fsp3) is 0.365. The molecule has 2 heterocycles. The predicted octanol–water partition coefficient (Wildman–Crippen LogP) is 10.8. The van der Waals surface area contributed by atoms with Crippen LogP contribution in [0.25, 0.3) is 0 Å². The lowest BCUT2D eigenvalue weighted by Crippen LogP contribution is -2.32. The quantitative estimate of drug-likeness (QED) is 0.0368. The Kier molecular flexibility index (Phi) is 19.1. The van der Waals surface area contributed by atoms with Crippen molar-refractivity contribution in [1.29, 1.82) is 0 Å². The number of rotatable bonds is 21. The highest BCUT2D eigenvalue weighted by atomic mass is 35.5. The standard InChI is InChI=1S/C26H32ClN5O4S.C26H34ClN5O3S/c1-16(2)37(34,35)23-10-8-7-9-20(23)30-24-19(27)13-29-25(32-24)31-21-11-17(3)18(12-22(21)36-6)26(4,5)14-28-15-33;1-16(2)36(33,34)23-11-9-8-10-20(23)30-24-19(27)14-29-25(32-24)31-21-12-17(3)18(13-22(21)35-7)26(4,5)15-28-6/h7-13,15-16H,14H2,1-6H3,(H,28,33)(H2,29,30,31,32);8-14,16,28H,15H2,1-7H3,(H2,29,30,31,32). The van der Waals surface area contributed by atoms with Crippen molar-refractivity contribution in [2.75, 3.05) is 55.6 Å². The van der Waals surface area contributed by atoms with Crippen molar-refractivity contribution in [1.82, 2.24) is 30.6 Å². The van der Waals surface area contributed by atoms with Gasteiger partial charge in [-0.1, -0.05) is 75.2 Å². The average molecular weight is 1080 g/mol. The summed E-state index contributed by atoms with van der Waals surface area (Å²) in [4.78, 5) is 28.7. The number of hydrogen-bond donors (Lipinski definition) is 6. The van der Waals surface area contributed by atoms with Crippen molar-refractivity contribution in [2.45, 2.75) is 100 Å². The van der Waals surface area contributed by atoms with E-state index in [-0.39, 0.29) is 54.2 Å². The van der Waals surface area contributed by atoms with Crippen molar-refractivity contribution < 1.29 is 31.1 Å². The maximum Gasteiger partial charge on any atom is 0.229 e. The van der Waals surface area contributed by atoms with E-state index >= 15 is 0 Å². The lowest BCUT2D eigenvalue weighted by atomic mass is 9.81. The highest BCUT2D eigenvalue weighted by Gasteiger charge is 2.28. The Morgan fingerprint density at radius 1 is 0.603 bits per heavy atom. The van der Waals surface area contributed by atoms with E-state index in [9.17, 15) is 21.6 Å². The number of hydrogen-bond acceptors (Lipinski definition) is 16. The molecule has 0 spiro atoms. The number of benzene rings is 4. The Balaban J connectivity index is 0.000000271. The summed E-state index contributed by atoms with van der Waals surface area (Å²) in [5.41, 5.74) is 5.95. The molecule has 0 aliphatic heterocycles. The molecule has 6 N–H and O–H groups in total. The second-order valence-electron chi connectivity index (χ2n) is 19.0. The molecule has 0 atom stereocenters. The van der Waals surface area contributed by atoms with Crippen LogP contribution in [0.3, 0.4) is 0 Å². The number of amides is 1. The summed E-state index contributed by atoms with van der Waals surface area (Å²) in [6.07, 6.45) is 3.58. The molecule has 0 saturated heterocycles. The first-order valence-corrected chi connectivity index (χ1v) is 27.1. The van der Waals surface area contributed by atoms with Gasteiger partial charge in [0, 0.05) is 23.9 Å². The number of anilines is 8. The van der Waals surface area contributed by atoms with E-state index in [1.807, 2.05) is 52.1 Å². The van der Waals surface area contributed by atoms with Crippen LogP contribution in [0.1, 0.15) is 77.6 Å². The second kappa shape index (κ2) is 24.2. The second-order valence-corrected chi connectivity index (χ2v) is 24.8. The number of nitrogens with one attached hydrogen (secondary N) is 6. The number of sulfone groups is 2. The summed E-state index contributed by atoms with van der Waals surface area (Å²) in [6.45, 7) is 20.3. The molecule has 0 unspecified atom stereocenters. The van der Waals surface area contributed by atoms with Crippen LogP contribution in [0.4, 0.5) is 46.3 Å². The molecule has 6 aromatic rings. The van der Waals surface area contributed by atoms with Gasteiger partial charge < -0.3 is 41.4 Å². The first-order chi connectivity index (χ1) is 34.3. The van der Waals surface area contributed by atoms with Crippen molar-refractivity contribution in [2.24, 2.45) is 0 Å². The van der Waals surface area contributed by atoms with Gasteiger partial charge in [-0.2, -0.15) is 9.97 Å². The maximum absolute atomic E-state index is 12.8. The van der Waals surface area contributed by atoms with Crippen LogP contribution < -0.4 is 41.4 Å². The minimum Gasteiger partial charge on any atom is -0.495 e. The Bertz CT molecular complexity index is 3160. The number of para-hydroxylation sites is 2. The van der Waals surface area contributed by atoms with Gasteiger partial charge >= 0.3 is 0 Å². The van der Waals surface area contributed by atoms with Gasteiger partial charge in [-0.25, -0.2) is 26.8 Å². The zero-order chi connectivity index (χ0) is 54.1. The van der Waals surface area contributed by atoms with Crippen LogP contribution >= 0.6 is 23.2 Å². The number of carbonyl (C=O) groups excluding carboxylic acids is 1. The summed E-state index contributed by atoms with van der Waals surface area (Å²) in [6, 6.07) is 21.2. The third-order valence-electron chi connectivity index (χ3n) is 11.9. The molecule has 6 rings (SSSR count). The predicted molar refractivity (Wildman–Crippen MR) is 294 cm³/mol. The summed E-state index contributed by atoms with van der Waals surface area (Å²) >= 11 is 12.7. The Labute approximate surface area is 439 Å². The van der Waals surface area contributed by atoms with Crippen molar-refractivity contribution in [3.05, 3.63) is 117 Å². The first-order valence-electron chi connectivity index (χ1n) is 23.3. The zero-order valence-corrected chi connectivity index (χ0v) is 46.6. The molecule has 1 amide bonds. The number of nitrogens with zero attached hydrogens (tertiary/aromatic N) is 4. The van der Waals surface area contributed by atoms with Gasteiger partial charge in [0.1, 0.15) is 21.5 Å². The molecule has 17 nitrogen and oxygen atoms in total. The molecule has 0 saturated carbocycles. The van der Waals surface area contributed by atoms with E-state index in [0.717, 1.165) is 23.2 Å². The lowest BCUT2D eigenvalue weighted by Gasteiger charge is -2.28. The number of likely N-dealkylation sites (N-methyl/N-ethyl adjacent to an activating group) is 1. The normalized spacial score (nSPS) is 11.9. The third-order valence-corrected chi connectivity index (χ3v) is 16.9. The molecule has 21 heteroatoms. The van der Waals surface area contributed by atoms with E-state index in [4.69, 9.17) is 32.7 Å². The number of carbonyl (C=O) groups is 1. The van der Waals surface area contributed by atoms with Gasteiger partial charge in [0.2, 0.25) is 18.3 Å². The number of ether oxygens (including phenoxy) is 2. The van der Waals surface area contributed by atoms with Gasteiger partial charge in [-0.05, 0) is 119 Å². The minimum absolute atomic E-state index is 0.0950. The molecular formula is C52H66Cl2N10O7S2. The van der Waals surface area contributed by atoms with Gasteiger partial charge in [0.15, 0.2) is 31.3 Å². The average Bonchev–Trinajstić information content (AvgIpc) is 3.33. The van der Waals surface area contributed by atoms with Gasteiger partial charge in [0.05, 0.1) is 69.7 Å². The lowest BCUT2D eigenvalue weighted by molar-refractivity contribution is -0.109. The van der Waals surface area contributed by atoms with Crippen LogP contribution in [0.15, 0.2) is 95.0 Å². The van der Waals surface area contributed by atoms with Crippen LogP contribution in [-0.2, 0) is 35.3 Å². The minimum atomic E-state index is -3.54. The van der Waals surface area contributed by atoms with E-state index in [2.05, 4.69) is 72.6 Å². The number of aromatic nitrogens is 4. The molecule has 73 heavy (non-hydrogen) atoms. The molecule has 392 valence electrons. The summed E-state index contributed by atoms with van der Waals surface area (Å²) in [7, 11) is -1.94. The smallest absolute Gasteiger partial charge is 0.229 e. The summed E-state index contributed by atoms with van der Waals surface area (Å²) in [5, 5.41) is 17.8. The highest BCUT2D eigenvalue weighted by molar-refractivity contribution is 7.92. The van der Waals surface area contributed by atoms with Crippen LogP contribution in [-0.4, -0.2) is 88.0 Å². The third kappa shape index (κ3) is 13.9. The van der Waals surface area contributed by atoms with Crippen molar-refractivity contribution in [3.8, 4) is 11.5 Å². The molecule has 0 aliphatic carbocycles. The van der Waals surface area contributed by atoms with E-state index in [1.165, 1.54) is 18.0 Å². The summed E-state index contributed by atoms with van der Waals surface area (Å²) in [5.74, 6) is 2.28. The zero-order valence-electron chi connectivity index (χ0n) is 43.4. The van der Waals surface area contributed by atoms with Gasteiger partial charge in [-0.3, -0.25) is 4.79 Å². The maximum atomic E-state index is 12.8. The van der Waals surface area contributed by atoms with E-state index in [1.54, 1.807) is 90.4 Å². The van der Waals surface area contributed by atoms with Crippen LogP contribution in [0.2, 0.25) is 10.0 Å². The monoisotopic (exact) mass is 1080 g/mol. The van der Waals surface area contributed by atoms with Gasteiger partial charge in [0.25, 0.3) is 0 Å². The van der Waals surface area contributed by atoms with Gasteiger partial charge in [-0.15, -0.1) is 0 Å². The Hall–Kier alpha value is -6.25. The fourth-order valence-corrected chi connectivity index (χ4v) is 10.6. The number of methoxy groups -OCH3 is 2. The van der Waals surface area contributed by atoms with Crippen LogP contribution in [0.5, 0.6) is 11.5 Å². The number of aryl methyl sites for hydroxylation is 2. The summed E-state index contributed by atoms with van der Waals surface area (Å²) < 4.78 is 62.7. The first kappa shape index (κ1) is 57.6. The van der Waals surface area contributed by atoms with E-state index in [0.29, 0.717) is 47.2 Å². The largest absolute Gasteiger partial charge is 0.495 e. The highest BCUT2D eigenvalue weighted by Crippen LogP contribution is 2.39. The topological polar surface area (TPSA) is 228 Å². The molecule has 2 aromatic heterocycles. The van der Waals surface area contributed by atoms with E-state index < -0.39 is 30.2 Å². The molecule has 0 aliphatic rings. The van der Waals surface area contributed by atoms with Crippen molar-refractivity contribution in [3.63, 3.8) is 0 Å². The molecule has 0 fully saturated rings. The molecule has 4 aromatic carbocycles. The Morgan fingerprint density at radius 3 is 1.34 bits per heavy atom. The molecule has 0 bridgehead atoms. The van der Waals surface area contributed by atoms with Crippen LogP contribution in [0, 0.1) is 13.8 Å². The Morgan fingerprint density at radius 2 is 0.986 bits per heavy atom. The molecule has 0 radical (unpaired) electrons. The fourth-order valence-electron chi connectivity index (χ4n) is 7.97. The number of halogens is 2. The molecular weight excluding hydrogens is 1010 g/mol.